The lowest BCUT2D eigenvalue weighted by Crippen LogP contribution is -2.31. The second-order valence-electron chi connectivity index (χ2n) is 4.95. The Morgan fingerprint density at radius 1 is 1.37 bits per heavy atom. The molecule has 1 aromatic carbocycles. The van der Waals surface area contributed by atoms with Gasteiger partial charge in [0.1, 0.15) is 5.82 Å². The second kappa shape index (κ2) is 6.71. The summed E-state index contributed by atoms with van der Waals surface area (Å²) in [6, 6.07) is 4.45. The van der Waals surface area contributed by atoms with Crippen molar-refractivity contribution in [2.24, 2.45) is 5.92 Å². The number of halogens is 3. The van der Waals surface area contributed by atoms with Crippen molar-refractivity contribution in [2.75, 3.05) is 6.54 Å². The monoisotopic (exact) mass is 347 g/mol. The first kappa shape index (κ1) is 14.8. The van der Waals surface area contributed by atoms with Crippen molar-refractivity contribution in [1.29, 1.82) is 0 Å². The maximum absolute atomic E-state index is 13.6. The van der Waals surface area contributed by atoms with Crippen LogP contribution in [0.2, 0.25) is 0 Å². The van der Waals surface area contributed by atoms with Gasteiger partial charge in [-0.05, 0) is 49.8 Å². The number of hydrogen-bond donors (Lipinski definition) is 1. The number of hydrogen-bond acceptors (Lipinski definition) is 1. The molecule has 1 aromatic rings. The molecule has 2 nitrogen and oxygen atoms in total. The average molecular weight is 349 g/mol. The number of alkyl halides is 1. The van der Waals surface area contributed by atoms with Gasteiger partial charge in [-0.2, -0.15) is 0 Å². The van der Waals surface area contributed by atoms with Gasteiger partial charge in [0.15, 0.2) is 0 Å². The van der Waals surface area contributed by atoms with Crippen LogP contribution in [0.4, 0.5) is 4.39 Å². The highest BCUT2D eigenvalue weighted by Gasteiger charge is 2.20. The molecule has 0 aliphatic heterocycles. The smallest absolute Gasteiger partial charge is 0.254 e. The van der Waals surface area contributed by atoms with Crippen LogP contribution in [0.1, 0.15) is 36.0 Å². The van der Waals surface area contributed by atoms with Crippen LogP contribution in [0.3, 0.4) is 0 Å². The van der Waals surface area contributed by atoms with Gasteiger partial charge in [-0.1, -0.05) is 15.9 Å². The van der Waals surface area contributed by atoms with Crippen LogP contribution in [-0.4, -0.2) is 17.8 Å². The molecule has 104 valence electrons. The van der Waals surface area contributed by atoms with Crippen LogP contribution in [0.25, 0.3) is 0 Å². The quantitative estimate of drug-likeness (QED) is 0.818. The van der Waals surface area contributed by atoms with Crippen molar-refractivity contribution in [3.8, 4) is 0 Å². The molecule has 1 N–H and O–H groups in total. The fourth-order valence-corrected chi connectivity index (χ4v) is 2.92. The highest BCUT2D eigenvalue weighted by molar-refractivity contribution is 9.10. The van der Waals surface area contributed by atoms with Gasteiger partial charge in [-0.25, -0.2) is 4.39 Å². The number of carbonyl (C=O) groups is 1. The summed E-state index contributed by atoms with van der Waals surface area (Å²) in [7, 11) is 0. The van der Waals surface area contributed by atoms with Crippen LogP contribution in [0, 0.1) is 11.7 Å². The van der Waals surface area contributed by atoms with Crippen molar-refractivity contribution < 1.29 is 9.18 Å². The molecule has 0 heterocycles. The molecule has 0 bridgehead atoms. The zero-order chi connectivity index (χ0) is 13.8. The van der Waals surface area contributed by atoms with E-state index in [0.29, 0.717) is 16.9 Å². The Balaban J connectivity index is 1.87. The minimum absolute atomic E-state index is 0.0919. The molecule has 1 aliphatic rings. The first-order valence-corrected chi connectivity index (χ1v) is 7.66. The van der Waals surface area contributed by atoms with Crippen molar-refractivity contribution in [3.05, 3.63) is 34.1 Å². The predicted octanol–water partition coefficient (Wildman–Crippen LogP) is 4.12. The molecule has 19 heavy (non-hydrogen) atoms. The average Bonchev–Trinajstić information content (AvgIpc) is 2.37. The third-order valence-corrected chi connectivity index (χ3v) is 4.43. The molecule has 0 saturated heterocycles. The molecule has 1 amide bonds. The van der Waals surface area contributed by atoms with Gasteiger partial charge in [0.05, 0.1) is 5.56 Å². The van der Waals surface area contributed by atoms with E-state index in [1.165, 1.54) is 12.1 Å². The van der Waals surface area contributed by atoms with Crippen molar-refractivity contribution in [3.63, 3.8) is 0 Å². The lowest BCUT2D eigenvalue weighted by atomic mass is 9.89. The van der Waals surface area contributed by atoms with Crippen molar-refractivity contribution >= 4 is 33.4 Å². The molecule has 0 aromatic heterocycles. The van der Waals surface area contributed by atoms with Gasteiger partial charge in [0, 0.05) is 16.4 Å². The molecule has 1 fully saturated rings. The lowest BCUT2D eigenvalue weighted by Gasteiger charge is -2.25. The van der Waals surface area contributed by atoms with Crippen LogP contribution in [-0.2, 0) is 0 Å². The molecular formula is C14H16BrClFNO. The Labute approximate surface area is 125 Å². The molecule has 0 radical (unpaired) electrons. The van der Waals surface area contributed by atoms with E-state index in [0.717, 1.165) is 25.7 Å². The molecule has 0 unspecified atom stereocenters. The number of rotatable bonds is 3. The molecule has 0 atom stereocenters. The zero-order valence-corrected chi connectivity index (χ0v) is 12.8. The molecular weight excluding hydrogens is 333 g/mol. The van der Waals surface area contributed by atoms with Crippen molar-refractivity contribution in [1.82, 2.24) is 5.32 Å². The van der Waals surface area contributed by atoms with Gasteiger partial charge in [-0.3, -0.25) is 4.79 Å². The third kappa shape index (κ3) is 4.18. The number of nitrogens with one attached hydrogen (secondary N) is 1. The minimum atomic E-state index is -0.503. The van der Waals surface area contributed by atoms with Gasteiger partial charge < -0.3 is 5.32 Å². The zero-order valence-electron chi connectivity index (χ0n) is 10.5. The van der Waals surface area contributed by atoms with Crippen molar-refractivity contribution in [2.45, 2.75) is 31.1 Å². The fourth-order valence-electron chi connectivity index (χ4n) is 2.33. The number of carbonyl (C=O) groups excluding carboxylic acids is 1. The van der Waals surface area contributed by atoms with Crippen LogP contribution in [0.15, 0.2) is 22.7 Å². The molecule has 0 spiro atoms. The second-order valence-corrected chi connectivity index (χ2v) is 6.49. The highest BCUT2D eigenvalue weighted by atomic mass is 79.9. The predicted molar refractivity (Wildman–Crippen MR) is 78.0 cm³/mol. The Hall–Kier alpha value is -0.610. The van der Waals surface area contributed by atoms with E-state index in [1.807, 2.05) is 0 Å². The van der Waals surface area contributed by atoms with E-state index in [-0.39, 0.29) is 16.8 Å². The van der Waals surface area contributed by atoms with E-state index in [9.17, 15) is 9.18 Å². The van der Waals surface area contributed by atoms with Crippen LogP contribution < -0.4 is 5.32 Å². The largest absolute Gasteiger partial charge is 0.352 e. The molecule has 1 aliphatic carbocycles. The summed E-state index contributed by atoms with van der Waals surface area (Å²) in [6.45, 7) is 0.595. The first-order chi connectivity index (χ1) is 9.06. The van der Waals surface area contributed by atoms with Gasteiger partial charge in [-0.15, -0.1) is 11.6 Å². The Bertz CT molecular complexity index is 461. The summed E-state index contributed by atoms with van der Waals surface area (Å²) >= 11 is 9.20. The van der Waals surface area contributed by atoms with Crippen LogP contribution in [0.5, 0.6) is 0 Å². The van der Waals surface area contributed by atoms with E-state index < -0.39 is 5.82 Å². The highest BCUT2D eigenvalue weighted by Crippen LogP contribution is 2.27. The summed E-state index contributed by atoms with van der Waals surface area (Å²) < 4.78 is 14.2. The first-order valence-electron chi connectivity index (χ1n) is 6.43. The van der Waals surface area contributed by atoms with E-state index in [1.54, 1.807) is 6.07 Å². The van der Waals surface area contributed by atoms with Gasteiger partial charge in [0.2, 0.25) is 0 Å². The topological polar surface area (TPSA) is 29.1 Å². The minimum Gasteiger partial charge on any atom is -0.352 e. The number of amides is 1. The normalized spacial score (nSPS) is 23.1. The maximum atomic E-state index is 13.6. The SMILES string of the molecule is O=C(NCC1CCC(Cl)CC1)c1ccc(Br)cc1F. The Kier molecular flexibility index (Phi) is 5.22. The van der Waals surface area contributed by atoms with Crippen LogP contribution >= 0.6 is 27.5 Å². The molecule has 5 heteroatoms. The van der Waals surface area contributed by atoms with Gasteiger partial charge in [0.25, 0.3) is 5.91 Å². The Morgan fingerprint density at radius 2 is 2.05 bits per heavy atom. The van der Waals surface area contributed by atoms with Gasteiger partial charge >= 0.3 is 0 Å². The van der Waals surface area contributed by atoms with E-state index in [4.69, 9.17) is 11.6 Å². The standard InChI is InChI=1S/C14H16BrClFNO/c15-10-3-6-12(13(17)7-10)14(19)18-8-9-1-4-11(16)5-2-9/h3,6-7,9,11H,1-2,4-5,8H2,(H,18,19). The number of benzene rings is 1. The summed E-state index contributed by atoms with van der Waals surface area (Å²) in [5.74, 6) is -0.396. The van der Waals surface area contributed by atoms with E-state index >= 15 is 0 Å². The summed E-state index contributed by atoms with van der Waals surface area (Å²) in [6.07, 6.45) is 4.04. The molecule has 1 saturated carbocycles. The van der Waals surface area contributed by atoms with E-state index in [2.05, 4.69) is 21.2 Å². The summed E-state index contributed by atoms with van der Waals surface area (Å²) in [5.41, 5.74) is 0.0919. The maximum Gasteiger partial charge on any atom is 0.254 e. The Morgan fingerprint density at radius 3 is 2.68 bits per heavy atom. The third-order valence-electron chi connectivity index (χ3n) is 3.50. The fraction of sp³-hybridized carbons (Fsp3) is 0.500. The lowest BCUT2D eigenvalue weighted by molar-refractivity contribution is 0.0939. The summed E-state index contributed by atoms with van der Waals surface area (Å²) in [4.78, 5) is 11.9. The summed E-state index contributed by atoms with van der Waals surface area (Å²) in [5, 5.41) is 3.08. The molecule has 2 rings (SSSR count).